The lowest BCUT2D eigenvalue weighted by molar-refractivity contribution is -0.143. The van der Waals surface area contributed by atoms with E-state index in [0.717, 1.165) is 17.5 Å². The van der Waals surface area contributed by atoms with Crippen molar-refractivity contribution in [2.75, 3.05) is 6.79 Å². The van der Waals surface area contributed by atoms with Crippen LogP contribution in [0.25, 0.3) is 11.0 Å². The van der Waals surface area contributed by atoms with Gasteiger partial charge in [-0.1, -0.05) is 30.3 Å². The lowest BCUT2D eigenvalue weighted by Gasteiger charge is -2.34. The van der Waals surface area contributed by atoms with Crippen LogP contribution in [0.3, 0.4) is 0 Å². The van der Waals surface area contributed by atoms with Crippen molar-refractivity contribution in [3.05, 3.63) is 72.1 Å². The van der Waals surface area contributed by atoms with Crippen molar-refractivity contribution in [2.24, 2.45) is 7.05 Å². The molecular weight excluding hydrogens is 484 g/mol. The van der Waals surface area contributed by atoms with Crippen LogP contribution < -0.4 is 14.8 Å². The van der Waals surface area contributed by atoms with E-state index in [-0.39, 0.29) is 31.7 Å². The van der Waals surface area contributed by atoms with Gasteiger partial charge in [0.05, 0.1) is 5.52 Å². The molecule has 0 spiro atoms. The van der Waals surface area contributed by atoms with E-state index in [2.05, 4.69) is 15.6 Å². The first-order valence-electron chi connectivity index (χ1n) is 12.7. The van der Waals surface area contributed by atoms with E-state index in [4.69, 9.17) is 9.47 Å². The number of nitrogens with one attached hydrogen (secondary N) is 1. The number of fused-ring (bicyclic) bond motifs is 2. The average Bonchev–Trinajstić information content (AvgIpc) is 3.64. The highest BCUT2D eigenvalue weighted by Gasteiger charge is 2.36. The molecule has 198 valence electrons. The smallest absolute Gasteiger partial charge is 0.249 e. The number of hydrogen-bond acceptors (Lipinski definition) is 6. The van der Waals surface area contributed by atoms with Crippen molar-refractivity contribution in [3.8, 4) is 11.5 Å². The number of carbonyl (C=O) groups excluding carboxylic acids is 2. The molecule has 4 aromatic rings. The van der Waals surface area contributed by atoms with Gasteiger partial charge in [0.25, 0.3) is 0 Å². The molecule has 10 heteroatoms. The molecule has 0 unspecified atom stereocenters. The predicted molar refractivity (Wildman–Crippen MR) is 141 cm³/mol. The Kier molecular flexibility index (Phi) is 6.79. The fraction of sp³-hybridized carbons (Fsp3) is 0.357. The Morgan fingerprint density at radius 1 is 1.11 bits per heavy atom. The second-order valence-corrected chi connectivity index (χ2v) is 10.1. The molecule has 2 amide bonds. The Morgan fingerprint density at radius 3 is 2.66 bits per heavy atom. The zero-order valence-electron chi connectivity index (χ0n) is 22.0. The minimum atomic E-state index is -0.881. The first-order valence-corrected chi connectivity index (χ1v) is 12.7. The number of aromatic nitrogens is 4. The van der Waals surface area contributed by atoms with Gasteiger partial charge in [-0.25, -0.2) is 4.68 Å². The van der Waals surface area contributed by atoms with Gasteiger partial charge in [-0.15, -0.1) is 5.10 Å². The van der Waals surface area contributed by atoms with Gasteiger partial charge in [0.1, 0.15) is 12.1 Å². The fourth-order valence-corrected chi connectivity index (χ4v) is 4.50. The zero-order chi connectivity index (χ0) is 26.9. The number of aryl methyl sites for hydroxylation is 1. The number of ether oxygens (including phenoxy) is 2. The van der Waals surface area contributed by atoms with Crippen LogP contribution in [0.4, 0.5) is 0 Å². The summed E-state index contributed by atoms with van der Waals surface area (Å²) < 4.78 is 14.5. The highest BCUT2D eigenvalue weighted by molar-refractivity contribution is 5.89. The quantitative estimate of drug-likeness (QED) is 0.365. The van der Waals surface area contributed by atoms with Crippen LogP contribution in [0.15, 0.2) is 60.8 Å². The monoisotopic (exact) mass is 516 g/mol. The Balaban J connectivity index is 1.55. The van der Waals surface area contributed by atoms with Crippen molar-refractivity contribution in [1.82, 2.24) is 29.8 Å². The van der Waals surface area contributed by atoms with Gasteiger partial charge in [0, 0.05) is 31.0 Å². The van der Waals surface area contributed by atoms with E-state index < -0.39 is 11.6 Å². The topological polar surface area (TPSA) is 104 Å². The second kappa shape index (κ2) is 10.2. The van der Waals surface area contributed by atoms with Crippen LogP contribution in [0.2, 0.25) is 0 Å². The molecule has 1 aliphatic heterocycles. The molecule has 0 aliphatic carbocycles. The molecule has 2 aromatic heterocycles. The molecule has 3 heterocycles. The maximum atomic E-state index is 14.1. The standard InChI is InChI=1S/C28H32N6O4/c1-5-28(2,3)29-27(36)26(22-11-8-14-32(22)4)33(16-19-12-13-23-24(15-19)38-18-37-23)25(35)17-34-21-10-7-6-9-20(21)30-31-34/h6-15,26H,5,16-18H2,1-4H3,(H,29,36)/t26-/m0/s1. The van der Waals surface area contributed by atoms with Crippen molar-refractivity contribution >= 4 is 22.8 Å². The molecule has 2 aromatic carbocycles. The van der Waals surface area contributed by atoms with E-state index in [1.165, 1.54) is 0 Å². The molecule has 1 aliphatic rings. The first kappa shape index (κ1) is 25.3. The Morgan fingerprint density at radius 2 is 1.89 bits per heavy atom. The van der Waals surface area contributed by atoms with Crippen LogP contribution in [0.1, 0.15) is 44.5 Å². The summed E-state index contributed by atoms with van der Waals surface area (Å²) in [6, 6.07) is 15.9. The third kappa shape index (κ3) is 5.06. The van der Waals surface area contributed by atoms with Gasteiger partial charge in [-0.3, -0.25) is 9.59 Å². The molecule has 0 fully saturated rings. The Bertz CT molecular complexity index is 1470. The molecule has 38 heavy (non-hydrogen) atoms. The third-order valence-electron chi connectivity index (χ3n) is 6.99. The summed E-state index contributed by atoms with van der Waals surface area (Å²) in [7, 11) is 1.87. The van der Waals surface area contributed by atoms with E-state index >= 15 is 0 Å². The van der Waals surface area contributed by atoms with Gasteiger partial charge >= 0.3 is 0 Å². The number of carbonyl (C=O) groups is 2. The van der Waals surface area contributed by atoms with Crippen LogP contribution in [-0.4, -0.2) is 48.6 Å². The average molecular weight is 517 g/mol. The summed E-state index contributed by atoms with van der Waals surface area (Å²) in [4.78, 5) is 29.6. The van der Waals surface area contributed by atoms with Gasteiger partial charge in [-0.2, -0.15) is 0 Å². The second-order valence-electron chi connectivity index (χ2n) is 10.1. The van der Waals surface area contributed by atoms with Crippen molar-refractivity contribution in [3.63, 3.8) is 0 Å². The number of rotatable bonds is 9. The lowest BCUT2D eigenvalue weighted by atomic mass is 10.00. The largest absolute Gasteiger partial charge is 0.454 e. The fourth-order valence-electron chi connectivity index (χ4n) is 4.50. The summed E-state index contributed by atoms with van der Waals surface area (Å²) in [6.07, 6.45) is 2.61. The SMILES string of the molecule is CCC(C)(C)NC(=O)[C@H](c1cccn1C)N(Cc1ccc2c(c1)OCO2)C(=O)Cn1nnc2ccccc21. The van der Waals surface area contributed by atoms with E-state index in [9.17, 15) is 9.59 Å². The summed E-state index contributed by atoms with van der Waals surface area (Å²) in [5.41, 5.74) is 2.51. The summed E-state index contributed by atoms with van der Waals surface area (Å²) in [5.74, 6) is 0.747. The molecule has 0 radical (unpaired) electrons. The number of benzene rings is 2. The van der Waals surface area contributed by atoms with Gasteiger partial charge in [0.15, 0.2) is 17.5 Å². The minimum absolute atomic E-state index is 0.0730. The lowest BCUT2D eigenvalue weighted by Crippen LogP contribution is -2.51. The normalized spacial score (nSPS) is 13.5. The van der Waals surface area contributed by atoms with Gasteiger partial charge < -0.3 is 24.3 Å². The van der Waals surface area contributed by atoms with Gasteiger partial charge in [-0.05, 0) is 62.2 Å². The first-order chi connectivity index (χ1) is 18.3. The van der Waals surface area contributed by atoms with Crippen LogP contribution >= 0.6 is 0 Å². The molecule has 5 rings (SSSR count). The van der Waals surface area contributed by atoms with Crippen LogP contribution in [-0.2, 0) is 29.7 Å². The van der Waals surface area contributed by atoms with Crippen molar-refractivity contribution < 1.29 is 19.1 Å². The number of amides is 2. The predicted octanol–water partition coefficient (Wildman–Crippen LogP) is 3.57. The minimum Gasteiger partial charge on any atom is -0.454 e. The molecule has 1 N–H and O–H groups in total. The Hall–Kier alpha value is -4.34. The molecular formula is C28H32N6O4. The maximum Gasteiger partial charge on any atom is 0.249 e. The number of nitrogens with zero attached hydrogens (tertiary/aromatic N) is 5. The van der Waals surface area contributed by atoms with E-state index in [1.807, 2.05) is 93.2 Å². The van der Waals surface area contributed by atoms with Crippen molar-refractivity contribution in [2.45, 2.75) is 51.9 Å². The Labute approximate surface area is 221 Å². The molecule has 0 saturated carbocycles. The zero-order valence-corrected chi connectivity index (χ0v) is 22.0. The van der Waals surface area contributed by atoms with Crippen molar-refractivity contribution in [1.29, 1.82) is 0 Å². The molecule has 10 nitrogen and oxygen atoms in total. The maximum absolute atomic E-state index is 14.1. The number of para-hydroxylation sites is 1. The molecule has 0 saturated heterocycles. The number of hydrogen-bond donors (Lipinski definition) is 1. The highest BCUT2D eigenvalue weighted by atomic mass is 16.7. The summed E-state index contributed by atoms with van der Waals surface area (Å²) in [5, 5.41) is 11.5. The van der Waals surface area contributed by atoms with Crippen LogP contribution in [0.5, 0.6) is 11.5 Å². The van der Waals surface area contributed by atoms with Gasteiger partial charge in [0.2, 0.25) is 18.6 Å². The van der Waals surface area contributed by atoms with Crippen LogP contribution in [0, 0.1) is 0 Å². The third-order valence-corrected chi connectivity index (χ3v) is 6.99. The highest BCUT2D eigenvalue weighted by Crippen LogP contribution is 2.34. The summed E-state index contributed by atoms with van der Waals surface area (Å²) in [6.45, 7) is 6.22. The molecule has 0 bridgehead atoms. The van der Waals surface area contributed by atoms with E-state index in [0.29, 0.717) is 22.7 Å². The summed E-state index contributed by atoms with van der Waals surface area (Å²) >= 11 is 0. The molecule has 1 atom stereocenters. The van der Waals surface area contributed by atoms with E-state index in [1.54, 1.807) is 9.58 Å².